The van der Waals surface area contributed by atoms with Crippen LogP contribution in [0, 0.1) is 11.8 Å². The first-order valence-corrected chi connectivity index (χ1v) is 11.3. The van der Waals surface area contributed by atoms with Crippen molar-refractivity contribution < 1.29 is 0 Å². The number of rotatable bonds is 2. The van der Waals surface area contributed by atoms with Crippen molar-refractivity contribution in [1.82, 2.24) is 0 Å². The van der Waals surface area contributed by atoms with E-state index >= 15 is 0 Å². The zero-order chi connectivity index (χ0) is 19.1. The number of allylic oxidation sites excluding steroid dienone is 10. The minimum absolute atomic E-state index is 0.346. The van der Waals surface area contributed by atoms with Crippen molar-refractivity contribution in [3.8, 4) is 0 Å². The van der Waals surface area contributed by atoms with E-state index in [1.54, 1.807) is 0 Å². The third-order valence-electron chi connectivity index (χ3n) is 5.98. The van der Waals surface area contributed by atoms with E-state index in [2.05, 4.69) is 123 Å². The fraction of sp³-hybridized carbons (Fsp3) is 0.154. The molecule has 0 aliphatic heterocycles. The lowest BCUT2D eigenvalue weighted by Gasteiger charge is -2.38. The molecule has 3 atom stereocenters. The van der Waals surface area contributed by atoms with E-state index in [1.807, 2.05) is 0 Å². The summed E-state index contributed by atoms with van der Waals surface area (Å²) in [5.74, 6) is 1.14. The minimum atomic E-state index is 0.346. The molecule has 3 aliphatic carbocycles. The lowest BCUT2D eigenvalue weighted by atomic mass is 9.65. The van der Waals surface area contributed by atoms with Crippen LogP contribution in [0.1, 0.15) is 29.0 Å². The second kappa shape index (κ2) is 7.50. The van der Waals surface area contributed by atoms with Gasteiger partial charge in [-0.2, -0.15) is 0 Å². The van der Waals surface area contributed by atoms with E-state index in [0.717, 1.165) is 10.9 Å². The maximum absolute atomic E-state index is 3.62. The van der Waals surface area contributed by atoms with Gasteiger partial charge in [0.2, 0.25) is 0 Å². The number of hydrogen-bond donors (Lipinski definition) is 0. The summed E-state index contributed by atoms with van der Waals surface area (Å²) in [4.78, 5) is 0. The summed E-state index contributed by atoms with van der Waals surface area (Å²) in [5.41, 5.74) is 7.18. The van der Waals surface area contributed by atoms with E-state index in [0.29, 0.717) is 17.8 Å². The van der Waals surface area contributed by atoms with Crippen LogP contribution >= 0.6 is 31.9 Å². The van der Waals surface area contributed by atoms with Crippen molar-refractivity contribution in [3.63, 3.8) is 0 Å². The minimum Gasteiger partial charge on any atom is -0.0760 e. The molecule has 0 spiro atoms. The Balaban J connectivity index is 1.71. The molecule has 2 aromatic carbocycles. The third-order valence-corrected chi connectivity index (χ3v) is 7.09. The molecule has 0 bridgehead atoms. The van der Waals surface area contributed by atoms with Crippen LogP contribution < -0.4 is 0 Å². The van der Waals surface area contributed by atoms with E-state index in [-0.39, 0.29) is 0 Å². The van der Waals surface area contributed by atoms with Crippen LogP contribution in [0.5, 0.6) is 0 Å². The van der Waals surface area contributed by atoms with Crippen LogP contribution in [0.3, 0.4) is 0 Å². The lowest BCUT2D eigenvalue weighted by molar-refractivity contribution is 0.636. The Kier molecular flexibility index (Phi) is 4.86. The molecule has 0 radical (unpaired) electrons. The van der Waals surface area contributed by atoms with Gasteiger partial charge in [0.05, 0.1) is 0 Å². The summed E-state index contributed by atoms with van der Waals surface area (Å²) in [6.45, 7) is 0. The molecule has 0 saturated heterocycles. The molecule has 0 N–H and O–H groups in total. The van der Waals surface area contributed by atoms with Crippen LogP contribution in [0.2, 0.25) is 0 Å². The first-order valence-electron chi connectivity index (χ1n) is 9.70. The smallest absolute Gasteiger partial charge is 0.0199 e. The zero-order valence-corrected chi connectivity index (χ0v) is 18.5. The van der Waals surface area contributed by atoms with Crippen molar-refractivity contribution in [2.45, 2.75) is 12.3 Å². The summed E-state index contributed by atoms with van der Waals surface area (Å²) in [5, 5.41) is 0. The maximum Gasteiger partial charge on any atom is 0.0199 e. The molecule has 3 unspecified atom stereocenters. The number of benzene rings is 2. The highest BCUT2D eigenvalue weighted by Crippen LogP contribution is 2.51. The maximum atomic E-state index is 3.62. The highest BCUT2D eigenvalue weighted by atomic mass is 79.9. The van der Waals surface area contributed by atoms with Crippen molar-refractivity contribution in [2.75, 3.05) is 0 Å². The summed E-state index contributed by atoms with van der Waals surface area (Å²) < 4.78 is 2.31. The molecular formula is C26H20Br2. The topological polar surface area (TPSA) is 0 Å². The average Bonchev–Trinajstić information content (AvgIpc) is 2.74. The molecule has 28 heavy (non-hydrogen) atoms. The van der Waals surface area contributed by atoms with Gasteiger partial charge in [-0.15, -0.1) is 0 Å². The molecule has 0 heterocycles. The van der Waals surface area contributed by atoms with Gasteiger partial charge in [-0.05, 0) is 46.4 Å². The van der Waals surface area contributed by atoms with E-state index in [9.17, 15) is 0 Å². The van der Waals surface area contributed by atoms with E-state index in [4.69, 9.17) is 0 Å². The molecule has 138 valence electrons. The van der Waals surface area contributed by atoms with Gasteiger partial charge in [-0.3, -0.25) is 0 Å². The third kappa shape index (κ3) is 3.13. The second-order valence-corrected chi connectivity index (χ2v) is 9.38. The van der Waals surface area contributed by atoms with Crippen molar-refractivity contribution in [2.24, 2.45) is 11.8 Å². The predicted octanol–water partition coefficient (Wildman–Crippen LogP) is 7.95. The standard InChI is InChI=1S/C26H20Br2/c27-19-13-9-17(10-14-19)25-21-5-1-2-6-22(21)26(18-11-15-20(28)16-12-18)24-8-4-3-7-23(24)25/h1-11,13-16,18,21,25H,12H2. The first kappa shape index (κ1) is 18.1. The van der Waals surface area contributed by atoms with Crippen LogP contribution in [-0.2, 0) is 0 Å². The van der Waals surface area contributed by atoms with Crippen LogP contribution in [0.4, 0.5) is 0 Å². The van der Waals surface area contributed by atoms with E-state index < -0.39 is 0 Å². The number of fused-ring (bicyclic) bond motifs is 2. The Morgan fingerprint density at radius 1 is 0.821 bits per heavy atom. The van der Waals surface area contributed by atoms with Gasteiger partial charge in [-0.1, -0.05) is 111 Å². The molecule has 2 heteroatoms. The molecule has 2 aromatic rings. The number of hydrogen-bond acceptors (Lipinski definition) is 0. The summed E-state index contributed by atoms with van der Waals surface area (Å²) in [6.07, 6.45) is 17.0. The summed E-state index contributed by atoms with van der Waals surface area (Å²) in [6, 6.07) is 17.8. The van der Waals surface area contributed by atoms with Crippen LogP contribution in [0.25, 0.3) is 5.57 Å². The van der Waals surface area contributed by atoms with Gasteiger partial charge in [0.15, 0.2) is 0 Å². The van der Waals surface area contributed by atoms with E-state index in [1.165, 1.54) is 32.3 Å². The molecule has 0 saturated carbocycles. The summed E-state index contributed by atoms with van der Waals surface area (Å²) in [7, 11) is 0. The van der Waals surface area contributed by atoms with Gasteiger partial charge < -0.3 is 0 Å². The highest BCUT2D eigenvalue weighted by molar-refractivity contribution is 9.12. The van der Waals surface area contributed by atoms with Crippen molar-refractivity contribution in [1.29, 1.82) is 0 Å². The molecule has 0 nitrogen and oxygen atoms in total. The lowest BCUT2D eigenvalue weighted by Crippen LogP contribution is -2.24. The Bertz CT molecular complexity index is 1060. The average molecular weight is 492 g/mol. The Morgan fingerprint density at radius 3 is 2.43 bits per heavy atom. The second-order valence-electron chi connectivity index (χ2n) is 7.55. The van der Waals surface area contributed by atoms with Crippen molar-refractivity contribution in [3.05, 3.63) is 122 Å². The molecule has 0 fully saturated rings. The molecule has 0 amide bonds. The molecular weight excluding hydrogens is 472 g/mol. The van der Waals surface area contributed by atoms with Gasteiger partial charge >= 0.3 is 0 Å². The number of halogens is 2. The normalized spacial score (nSPS) is 25.4. The Labute approximate surface area is 183 Å². The molecule has 0 aromatic heterocycles. The highest BCUT2D eigenvalue weighted by Gasteiger charge is 2.36. The van der Waals surface area contributed by atoms with Gasteiger partial charge in [-0.25, -0.2) is 0 Å². The zero-order valence-electron chi connectivity index (χ0n) is 15.4. The quantitative estimate of drug-likeness (QED) is 0.399. The molecule has 5 rings (SSSR count). The van der Waals surface area contributed by atoms with Gasteiger partial charge in [0.1, 0.15) is 0 Å². The summed E-state index contributed by atoms with van der Waals surface area (Å²) >= 11 is 7.20. The fourth-order valence-corrected chi connectivity index (χ4v) is 5.36. The SMILES string of the molecule is BrC1=CCC(C2=C3C=CC=CC3C(c3ccc(Br)cc3)c3ccccc32)C=C1. The Morgan fingerprint density at radius 2 is 1.64 bits per heavy atom. The monoisotopic (exact) mass is 490 g/mol. The Hall–Kier alpha value is -1.90. The van der Waals surface area contributed by atoms with Crippen molar-refractivity contribution >= 4 is 37.4 Å². The van der Waals surface area contributed by atoms with Gasteiger partial charge in [0, 0.05) is 26.7 Å². The van der Waals surface area contributed by atoms with Crippen LogP contribution in [0.15, 0.2) is 106 Å². The largest absolute Gasteiger partial charge is 0.0760 e. The fourth-order valence-electron chi connectivity index (χ4n) is 4.76. The van der Waals surface area contributed by atoms with Crippen LogP contribution in [-0.4, -0.2) is 0 Å². The van der Waals surface area contributed by atoms with Gasteiger partial charge in [0.25, 0.3) is 0 Å². The first-order chi connectivity index (χ1) is 13.7. The molecule has 3 aliphatic rings. The predicted molar refractivity (Wildman–Crippen MR) is 125 cm³/mol.